The highest BCUT2D eigenvalue weighted by atomic mass is 28.4. The highest BCUT2D eigenvalue weighted by Crippen LogP contribution is 2.36. The lowest BCUT2D eigenvalue weighted by Crippen LogP contribution is -2.47. The van der Waals surface area contributed by atoms with Crippen LogP contribution in [0, 0.1) is 0 Å². The number of carboxylic acid groups (broad SMARTS) is 1. The Morgan fingerprint density at radius 3 is 2.22 bits per heavy atom. The first-order valence-electron chi connectivity index (χ1n) is 5.82. The molecular formula is C12H23NO4Si. The van der Waals surface area contributed by atoms with E-state index >= 15 is 0 Å². The molecule has 6 heteroatoms. The summed E-state index contributed by atoms with van der Waals surface area (Å²) in [5.74, 6) is -1.07. The highest BCUT2D eigenvalue weighted by Gasteiger charge is 2.41. The second-order valence-electron chi connectivity index (χ2n) is 5.69. The third-order valence-corrected chi connectivity index (χ3v) is 7.38. The van der Waals surface area contributed by atoms with Gasteiger partial charge in [0.2, 0.25) is 0 Å². The first kappa shape index (κ1) is 16.7. The van der Waals surface area contributed by atoms with E-state index in [1.807, 2.05) is 33.9 Å². The largest absolute Gasteiger partial charge is 0.503 e. The van der Waals surface area contributed by atoms with Crippen LogP contribution in [0.4, 0.5) is 4.79 Å². The van der Waals surface area contributed by atoms with E-state index in [4.69, 9.17) is 9.53 Å². The van der Waals surface area contributed by atoms with Gasteiger partial charge in [0.25, 0.3) is 8.32 Å². The number of hydrogen-bond acceptors (Lipinski definition) is 3. The topological polar surface area (TPSA) is 66.8 Å². The summed E-state index contributed by atoms with van der Waals surface area (Å²) in [6.45, 7) is 13.2. The molecule has 0 heterocycles. The average molecular weight is 273 g/mol. The molecule has 0 unspecified atom stereocenters. The first-order chi connectivity index (χ1) is 8.01. The molecule has 0 rings (SSSR count). The summed E-state index contributed by atoms with van der Waals surface area (Å²) in [5, 5.41) is 8.64. The van der Waals surface area contributed by atoms with Crippen LogP contribution in [0.25, 0.3) is 0 Å². The smallest absolute Gasteiger partial charge is 0.397 e. The van der Waals surface area contributed by atoms with Crippen molar-refractivity contribution in [1.82, 2.24) is 4.90 Å². The Labute approximate surface area is 110 Å². The van der Waals surface area contributed by atoms with Crippen molar-refractivity contribution in [3.8, 4) is 0 Å². The van der Waals surface area contributed by atoms with Gasteiger partial charge in [0, 0.05) is 6.54 Å². The van der Waals surface area contributed by atoms with Gasteiger partial charge in [0.15, 0.2) is 0 Å². The van der Waals surface area contributed by atoms with Crippen LogP contribution >= 0.6 is 0 Å². The SMILES string of the molecule is C=CCN(CC(=O)O)C(=O)O[Si](C)(C)C(C)(C)C. The Hall–Kier alpha value is -1.30. The fourth-order valence-corrected chi connectivity index (χ4v) is 1.83. The zero-order valence-corrected chi connectivity index (χ0v) is 12.8. The summed E-state index contributed by atoms with van der Waals surface area (Å²) in [6.07, 6.45) is 0.902. The fourth-order valence-electron chi connectivity index (χ4n) is 0.959. The Morgan fingerprint density at radius 2 is 1.89 bits per heavy atom. The molecule has 0 aromatic heterocycles. The summed E-state index contributed by atoms with van der Waals surface area (Å²) in [7, 11) is -2.23. The quantitative estimate of drug-likeness (QED) is 0.618. The molecule has 0 saturated heterocycles. The maximum absolute atomic E-state index is 12.0. The van der Waals surface area contributed by atoms with Crippen molar-refractivity contribution in [2.24, 2.45) is 0 Å². The van der Waals surface area contributed by atoms with E-state index < -0.39 is 20.4 Å². The van der Waals surface area contributed by atoms with Gasteiger partial charge in [-0.25, -0.2) is 4.79 Å². The molecular weight excluding hydrogens is 250 g/mol. The molecule has 0 bridgehead atoms. The van der Waals surface area contributed by atoms with Gasteiger partial charge >= 0.3 is 12.1 Å². The second kappa shape index (κ2) is 6.04. The van der Waals surface area contributed by atoms with Crippen LogP contribution in [0.15, 0.2) is 12.7 Å². The van der Waals surface area contributed by atoms with E-state index in [0.29, 0.717) is 0 Å². The Bertz CT molecular complexity index is 333. The Morgan fingerprint density at radius 1 is 1.39 bits per heavy atom. The molecule has 0 aliphatic carbocycles. The molecule has 1 N–H and O–H groups in total. The van der Waals surface area contributed by atoms with E-state index in [1.165, 1.54) is 6.08 Å². The van der Waals surface area contributed by atoms with Gasteiger partial charge in [-0.3, -0.25) is 9.69 Å². The molecule has 104 valence electrons. The number of nitrogens with zero attached hydrogens (tertiary/aromatic N) is 1. The van der Waals surface area contributed by atoms with Crippen LogP contribution < -0.4 is 0 Å². The molecule has 0 fully saturated rings. The summed E-state index contributed by atoms with van der Waals surface area (Å²) in [5.41, 5.74) is 0. The zero-order chi connectivity index (χ0) is 14.6. The van der Waals surface area contributed by atoms with Gasteiger partial charge in [0.1, 0.15) is 6.54 Å². The van der Waals surface area contributed by atoms with Crippen LogP contribution in [-0.4, -0.2) is 43.5 Å². The standard InChI is InChI=1S/C12H23NO4Si/c1-7-8-13(9-10(14)15)11(16)17-18(5,6)12(2,3)4/h7H,1,8-9H2,2-6H3,(H,14,15). The van der Waals surface area contributed by atoms with E-state index in [-0.39, 0.29) is 18.1 Å². The number of rotatable bonds is 5. The number of amides is 1. The Kier molecular flexibility index (Phi) is 5.60. The maximum Gasteiger partial charge on any atom is 0.397 e. The maximum atomic E-state index is 12.0. The number of carbonyl (C=O) groups is 2. The molecule has 0 spiro atoms. The predicted octanol–water partition coefficient (Wildman–Crippen LogP) is 2.70. The average Bonchev–Trinajstić information content (AvgIpc) is 2.13. The van der Waals surface area contributed by atoms with Crippen LogP contribution in [0.5, 0.6) is 0 Å². The second-order valence-corrected chi connectivity index (χ2v) is 10.4. The molecule has 18 heavy (non-hydrogen) atoms. The molecule has 0 radical (unpaired) electrons. The molecule has 1 amide bonds. The first-order valence-corrected chi connectivity index (χ1v) is 8.72. The van der Waals surface area contributed by atoms with Gasteiger partial charge in [-0.15, -0.1) is 6.58 Å². The van der Waals surface area contributed by atoms with Gasteiger partial charge < -0.3 is 9.53 Å². The molecule has 0 atom stereocenters. The minimum atomic E-state index is -2.23. The van der Waals surface area contributed by atoms with E-state index in [2.05, 4.69) is 6.58 Å². The van der Waals surface area contributed by atoms with Gasteiger partial charge in [-0.1, -0.05) is 26.8 Å². The van der Waals surface area contributed by atoms with Crippen molar-refractivity contribution in [1.29, 1.82) is 0 Å². The third-order valence-electron chi connectivity index (χ3n) is 3.08. The number of carboxylic acids is 1. The number of hydrogen-bond donors (Lipinski definition) is 1. The van der Waals surface area contributed by atoms with Crippen molar-refractivity contribution in [3.05, 3.63) is 12.7 Å². The number of aliphatic carboxylic acids is 1. The number of carbonyl (C=O) groups excluding carboxylic acids is 1. The minimum absolute atomic E-state index is 0.105. The lowest BCUT2D eigenvalue weighted by atomic mass is 10.2. The van der Waals surface area contributed by atoms with Crippen LogP contribution in [0.3, 0.4) is 0 Å². The summed E-state index contributed by atoms with van der Waals surface area (Å²) < 4.78 is 5.53. The third kappa shape index (κ3) is 4.91. The summed E-state index contributed by atoms with van der Waals surface area (Å²) in [6, 6.07) is 0. The van der Waals surface area contributed by atoms with Crippen molar-refractivity contribution in [2.45, 2.75) is 38.9 Å². The minimum Gasteiger partial charge on any atom is -0.503 e. The van der Waals surface area contributed by atoms with E-state index in [0.717, 1.165) is 4.90 Å². The van der Waals surface area contributed by atoms with Gasteiger partial charge in [-0.05, 0) is 18.1 Å². The highest BCUT2D eigenvalue weighted by molar-refractivity contribution is 6.75. The lowest BCUT2D eigenvalue weighted by molar-refractivity contribution is -0.137. The van der Waals surface area contributed by atoms with Crippen molar-refractivity contribution >= 4 is 20.4 Å². The Balaban J connectivity index is 4.80. The van der Waals surface area contributed by atoms with Gasteiger partial charge in [0.05, 0.1) is 0 Å². The molecule has 0 saturated carbocycles. The molecule has 0 aliphatic rings. The predicted molar refractivity (Wildman–Crippen MR) is 73.1 cm³/mol. The molecule has 0 aliphatic heterocycles. The van der Waals surface area contributed by atoms with Crippen LogP contribution in [-0.2, 0) is 9.22 Å². The van der Waals surface area contributed by atoms with Crippen molar-refractivity contribution in [3.63, 3.8) is 0 Å². The van der Waals surface area contributed by atoms with Crippen molar-refractivity contribution in [2.75, 3.05) is 13.1 Å². The van der Waals surface area contributed by atoms with E-state index in [1.54, 1.807) is 0 Å². The fraction of sp³-hybridized carbons (Fsp3) is 0.667. The normalized spacial score (nSPS) is 11.8. The summed E-state index contributed by atoms with van der Waals surface area (Å²) in [4.78, 5) is 23.8. The molecule has 0 aromatic rings. The molecule has 5 nitrogen and oxygen atoms in total. The van der Waals surface area contributed by atoms with Crippen LogP contribution in [0.1, 0.15) is 20.8 Å². The molecule has 0 aromatic carbocycles. The van der Waals surface area contributed by atoms with Crippen LogP contribution in [0.2, 0.25) is 18.1 Å². The lowest BCUT2D eigenvalue weighted by Gasteiger charge is -2.36. The zero-order valence-electron chi connectivity index (χ0n) is 11.8. The van der Waals surface area contributed by atoms with Gasteiger partial charge in [-0.2, -0.15) is 0 Å². The van der Waals surface area contributed by atoms with Crippen molar-refractivity contribution < 1.29 is 19.1 Å². The summed E-state index contributed by atoms with van der Waals surface area (Å²) >= 11 is 0. The monoisotopic (exact) mass is 273 g/mol. The van der Waals surface area contributed by atoms with E-state index in [9.17, 15) is 9.59 Å².